The lowest BCUT2D eigenvalue weighted by Gasteiger charge is -2.27. The molecule has 0 radical (unpaired) electrons. The molecule has 1 aromatic carbocycles. The van der Waals surface area contributed by atoms with Crippen LogP contribution in [0, 0.1) is 0 Å². The fourth-order valence-corrected chi connectivity index (χ4v) is 4.19. The van der Waals surface area contributed by atoms with E-state index < -0.39 is 23.6 Å². The molecule has 4 aromatic heterocycles. The first kappa shape index (κ1) is 28.8. The van der Waals surface area contributed by atoms with Gasteiger partial charge in [-0.25, -0.2) is 19.9 Å². The van der Waals surface area contributed by atoms with Crippen LogP contribution in [0.3, 0.4) is 0 Å². The van der Waals surface area contributed by atoms with Gasteiger partial charge in [0, 0.05) is 24.8 Å². The van der Waals surface area contributed by atoms with E-state index in [-0.39, 0.29) is 22.3 Å². The number of amides is 4. The molecule has 4 amide bonds. The van der Waals surface area contributed by atoms with E-state index in [0.717, 1.165) is 0 Å². The van der Waals surface area contributed by atoms with E-state index >= 15 is 0 Å². The van der Waals surface area contributed by atoms with E-state index in [9.17, 15) is 19.2 Å². The summed E-state index contributed by atoms with van der Waals surface area (Å²) in [5.74, 6) is -1.03. The van der Waals surface area contributed by atoms with Crippen LogP contribution >= 0.6 is 0 Å². The van der Waals surface area contributed by atoms with Crippen molar-refractivity contribution >= 4 is 58.3 Å². The molecule has 0 bridgehead atoms. The van der Waals surface area contributed by atoms with Gasteiger partial charge in [0.2, 0.25) is 23.6 Å². The van der Waals surface area contributed by atoms with Crippen LogP contribution < -0.4 is 32.7 Å². The number of nitrogens with zero attached hydrogens (tertiary/aromatic N) is 6. The number of carbonyl (C=O) groups excluding carboxylic acids is 4. The van der Waals surface area contributed by atoms with E-state index in [1.165, 1.54) is 49.1 Å². The van der Waals surface area contributed by atoms with Crippen molar-refractivity contribution in [2.24, 2.45) is 22.9 Å². The van der Waals surface area contributed by atoms with Crippen molar-refractivity contribution in [3.8, 4) is 0 Å². The van der Waals surface area contributed by atoms with Crippen LogP contribution in [0.5, 0.6) is 0 Å². The minimum atomic E-state index is -0.637. The first-order chi connectivity index (χ1) is 21.1. The van der Waals surface area contributed by atoms with Gasteiger partial charge in [0.15, 0.2) is 0 Å². The Kier molecular flexibility index (Phi) is 7.88. The van der Waals surface area contributed by atoms with Crippen LogP contribution in [0.15, 0.2) is 97.6 Å². The fourth-order valence-electron chi connectivity index (χ4n) is 4.19. The molecule has 5 aromatic rings. The predicted octanol–water partition coefficient (Wildman–Crippen LogP) is 2.60. The average molecular weight is 589 g/mol. The summed E-state index contributed by atoms with van der Waals surface area (Å²) in [6.45, 7) is 0. The van der Waals surface area contributed by atoms with Crippen LogP contribution in [-0.2, 0) is 0 Å². The zero-order valence-corrected chi connectivity index (χ0v) is 22.9. The van der Waals surface area contributed by atoms with Crippen LogP contribution in [0.1, 0.15) is 41.4 Å². The van der Waals surface area contributed by atoms with E-state index in [1.807, 2.05) is 0 Å². The van der Waals surface area contributed by atoms with E-state index in [2.05, 4.69) is 19.9 Å². The van der Waals surface area contributed by atoms with E-state index in [4.69, 9.17) is 22.9 Å². The number of hydrogen-bond acceptors (Lipinski definition) is 10. The number of nitrogens with two attached hydrogens (primary N) is 4. The van der Waals surface area contributed by atoms with Crippen LogP contribution in [-0.4, -0.2) is 43.6 Å². The second-order valence-electron chi connectivity index (χ2n) is 9.27. The summed E-state index contributed by atoms with van der Waals surface area (Å²) in [7, 11) is 0. The normalized spacial score (nSPS) is 10.5. The molecule has 0 fully saturated rings. The Bertz CT molecular complexity index is 1610. The van der Waals surface area contributed by atoms with Crippen molar-refractivity contribution in [2.45, 2.75) is 0 Å². The van der Waals surface area contributed by atoms with Gasteiger partial charge in [-0.3, -0.25) is 29.0 Å². The lowest BCUT2D eigenvalue weighted by molar-refractivity contribution is 0.0991. The van der Waals surface area contributed by atoms with Crippen LogP contribution in [0.4, 0.5) is 34.6 Å². The van der Waals surface area contributed by atoms with E-state index in [0.29, 0.717) is 34.6 Å². The fraction of sp³-hybridized carbons (Fsp3) is 0. The number of primary amides is 4. The third kappa shape index (κ3) is 5.99. The Morgan fingerprint density at radius 2 is 0.705 bits per heavy atom. The minimum Gasteiger partial charge on any atom is -0.366 e. The van der Waals surface area contributed by atoms with Gasteiger partial charge >= 0.3 is 0 Å². The highest BCUT2D eigenvalue weighted by atomic mass is 16.2. The zero-order chi connectivity index (χ0) is 31.4. The highest BCUT2D eigenvalue weighted by Gasteiger charge is 2.21. The maximum Gasteiger partial charge on any atom is 0.250 e. The SMILES string of the molecule is NC(=O)c1ccc(N(c2cccc(N(c3ccc(C(N)=O)cn3)c3ccc(C(N)=O)cn3)c2)c2ccc(C(N)=O)cn2)nc1. The summed E-state index contributed by atoms with van der Waals surface area (Å²) in [5, 5.41) is 0. The Morgan fingerprint density at radius 1 is 0.432 bits per heavy atom. The second kappa shape index (κ2) is 12.0. The lowest BCUT2D eigenvalue weighted by atomic mass is 10.2. The third-order valence-corrected chi connectivity index (χ3v) is 6.39. The number of aromatic nitrogens is 4. The van der Waals surface area contributed by atoms with Crippen molar-refractivity contribution in [2.75, 3.05) is 9.80 Å². The molecule has 0 aliphatic rings. The molecule has 0 atom stereocenters. The molecule has 0 unspecified atom stereocenters. The van der Waals surface area contributed by atoms with Crippen molar-refractivity contribution in [1.82, 2.24) is 19.9 Å². The summed E-state index contributed by atoms with van der Waals surface area (Å²) in [5.41, 5.74) is 23.6. The average Bonchev–Trinajstić information content (AvgIpc) is 3.02. The predicted molar refractivity (Wildman–Crippen MR) is 161 cm³/mol. The monoisotopic (exact) mass is 588 g/mol. The molecule has 0 saturated carbocycles. The minimum absolute atomic E-state index is 0.210. The molecule has 0 aliphatic carbocycles. The van der Waals surface area contributed by atoms with E-state index in [1.54, 1.807) is 58.3 Å². The Labute approximate surface area is 250 Å². The highest BCUT2D eigenvalue weighted by molar-refractivity contribution is 5.95. The summed E-state index contributed by atoms with van der Waals surface area (Å²) in [6.07, 6.45) is 5.36. The van der Waals surface area contributed by atoms with Gasteiger partial charge in [-0.05, 0) is 66.7 Å². The zero-order valence-electron chi connectivity index (χ0n) is 22.9. The molecule has 0 saturated heterocycles. The van der Waals surface area contributed by atoms with Gasteiger partial charge in [-0.1, -0.05) is 6.07 Å². The van der Waals surface area contributed by atoms with Crippen LogP contribution in [0.25, 0.3) is 0 Å². The molecule has 14 heteroatoms. The summed E-state index contributed by atoms with van der Waals surface area (Å²) in [6, 6.07) is 19.7. The van der Waals surface area contributed by atoms with Gasteiger partial charge < -0.3 is 22.9 Å². The molecule has 218 valence electrons. The molecular weight excluding hydrogens is 564 g/mol. The smallest absolute Gasteiger partial charge is 0.250 e. The first-order valence-corrected chi connectivity index (χ1v) is 12.9. The van der Waals surface area contributed by atoms with Crippen molar-refractivity contribution in [3.63, 3.8) is 0 Å². The number of anilines is 6. The molecule has 0 spiro atoms. The Morgan fingerprint density at radius 3 is 0.909 bits per heavy atom. The molecular formula is C30H24N10O4. The molecule has 5 rings (SSSR count). The van der Waals surface area contributed by atoms with Gasteiger partial charge in [-0.2, -0.15) is 0 Å². The van der Waals surface area contributed by atoms with Gasteiger partial charge in [-0.15, -0.1) is 0 Å². The number of hydrogen-bond donors (Lipinski definition) is 4. The van der Waals surface area contributed by atoms with Gasteiger partial charge in [0.25, 0.3) is 0 Å². The standard InChI is InChI=1S/C30H24N10O4/c31-27(41)17-4-8-23(35-13-17)39(24-9-5-18(14-36-24)28(32)42)21-2-1-3-22(12-21)40(25-10-6-19(15-37-25)29(33)43)26-11-7-20(16-38-26)30(34)44/h1-16H,(H2,31,41)(H2,32,42)(H2,33,43)(H2,34,44). The maximum absolute atomic E-state index is 11.7. The summed E-state index contributed by atoms with van der Waals surface area (Å²) in [4.78, 5) is 67.7. The molecule has 14 nitrogen and oxygen atoms in total. The third-order valence-electron chi connectivity index (χ3n) is 6.39. The number of carbonyl (C=O) groups is 4. The number of pyridine rings is 4. The number of benzene rings is 1. The quantitative estimate of drug-likeness (QED) is 0.186. The van der Waals surface area contributed by atoms with Crippen molar-refractivity contribution in [1.29, 1.82) is 0 Å². The maximum atomic E-state index is 11.7. The van der Waals surface area contributed by atoms with Gasteiger partial charge in [0.1, 0.15) is 23.3 Å². The lowest BCUT2D eigenvalue weighted by Crippen LogP contribution is -2.18. The first-order valence-electron chi connectivity index (χ1n) is 12.9. The largest absolute Gasteiger partial charge is 0.366 e. The second-order valence-corrected chi connectivity index (χ2v) is 9.27. The molecule has 0 aliphatic heterocycles. The van der Waals surface area contributed by atoms with Gasteiger partial charge in [0.05, 0.1) is 33.6 Å². The highest BCUT2D eigenvalue weighted by Crippen LogP contribution is 2.38. The van der Waals surface area contributed by atoms with Crippen LogP contribution in [0.2, 0.25) is 0 Å². The molecule has 44 heavy (non-hydrogen) atoms. The molecule has 8 N–H and O–H groups in total. The Hall–Kier alpha value is -6.70. The number of rotatable bonds is 10. The topological polar surface area (TPSA) is 230 Å². The summed E-state index contributed by atoms with van der Waals surface area (Å²) < 4.78 is 0. The van der Waals surface area contributed by atoms with Crippen molar-refractivity contribution < 1.29 is 19.2 Å². The molecule has 4 heterocycles. The Balaban J connectivity index is 1.66. The summed E-state index contributed by atoms with van der Waals surface area (Å²) >= 11 is 0. The van der Waals surface area contributed by atoms with Crippen molar-refractivity contribution in [3.05, 3.63) is 120 Å².